The summed E-state index contributed by atoms with van der Waals surface area (Å²) >= 11 is 0. The fourth-order valence-corrected chi connectivity index (χ4v) is 3.16. The van der Waals surface area contributed by atoms with Gasteiger partial charge in [0.1, 0.15) is 11.2 Å². The van der Waals surface area contributed by atoms with Crippen LogP contribution in [0.1, 0.15) is 6.42 Å². The van der Waals surface area contributed by atoms with Crippen molar-refractivity contribution in [2.75, 3.05) is 12.4 Å². The minimum absolute atomic E-state index is 0.0735. The van der Waals surface area contributed by atoms with E-state index in [1.165, 1.54) is 0 Å². The van der Waals surface area contributed by atoms with Gasteiger partial charge in [0.25, 0.3) is 0 Å². The van der Waals surface area contributed by atoms with Crippen LogP contribution in [0.5, 0.6) is 0 Å². The number of hydrogen-bond donors (Lipinski definition) is 1. The lowest BCUT2D eigenvalue weighted by Crippen LogP contribution is -2.46. The highest BCUT2D eigenvalue weighted by atomic mass is 16.5. The van der Waals surface area contributed by atoms with Gasteiger partial charge in [-0.25, -0.2) is 4.99 Å². The fraction of sp³-hybridized carbons (Fsp3) is 0.0909. The van der Waals surface area contributed by atoms with Crippen LogP contribution in [0.4, 0.5) is 11.5 Å². The standard InChI is InChI=1S/C22H19N3O2/c1-27-22-21-18(13-8-14-23-22)19(26)15-20(24-16-9-4-2-5-10-16)25(21)17-11-6-3-7-12-17/h2-7,9-15,24H,8H2,1H3. The zero-order chi connectivity index (χ0) is 18.6. The van der Waals surface area contributed by atoms with Crippen molar-refractivity contribution < 1.29 is 4.74 Å². The Morgan fingerprint density at radius 2 is 1.74 bits per heavy atom. The molecule has 0 radical (unpaired) electrons. The van der Waals surface area contributed by atoms with Crippen molar-refractivity contribution in [1.29, 1.82) is 0 Å². The maximum atomic E-state index is 12.9. The predicted molar refractivity (Wildman–Crippen MR) is 109 cm³/mol. The molecule has 0 atom stereocenters. The SMILES string of the molecule is COC1=c2c(c(=O)cc(Nc3ccccc3)n2-c2ccccc2)=CCC=N1. The molecule has 3 aromatic rings. The molecule has 134 valence electrons. The van der Waals surface area contributed by atoms with E-state index in [-0.39, 0.29) is 5.43 Å². The molecule has 2 heterocycles. The van der Waals surface area contributed by atoms with Crippen LogP contribution in [0.25, 0.3) is 17.6 Å². The number of methoxy groups -OCH3 is 1. The third kappa shape index (κ3) is 3.27. The Kier molecular flexibility index (Phi) is 4.58. The number of benzene rings is 2. The van der Waals surface area contributed by atoms with Crippen LogP contribution in [0, 0.1) is 0 Å². The summed E-state index contributed by atoms with van der Waals surface area (Å²) in [5, 5.41) is 4.59. The molecule has 0 amide bonds. The maximum absolute atomic E-state index is 12.9. The molecule has 0 aliphatic carbocycles. The quantitative estimate of drug-likeness (QED) is 0.781. The summed E-state index contributed by atoms with van der Waals surface area (Å²) in [7, 11) is 1.57. The van der Waals surface area contributed by atoms with Crippen molar-refractivity contribution in [2.45, 2.75) is 6.42 Å². The van der Waals surface area contributed by atoms with Gasteiger partial charge < -0.3 is 10.1 Å². The third-order valence-corrected chi connectivity index (χ3v) is 4.35. The van der Waals surface area contributed by atoms with Crippen molar-refractivity contribution in [3.8, 4) is 5.69 Å². The first kappa shape index (κ1) is 16.8. The largest absolute Gasteiger partial charge is 0.479 e. The fourth-order valence-electron chi connectivity index (χ4n) is 3.16. The highest BCUT2D eigenvalue weighted by Gasteiger charge is 2.14. The van der Waals surface area contributed by atoms with Crippen molar-refractivity contribution in [3.05, 3.63) is 87.5 Å². The second-order valence-electron chi connectivity index (χ2n) is 6.08. The molecule has 0 saturated carbocycles. The first-order valence-electron chi connectivity index (χ1n) is 8.72. The van der Waals surface area contributed by atoms with Gasteiger partial charge in [0.15, 0.2) is 5.43 Å². The molecule has 27 heavy (non-hydrogen) atoms. The van der Waals surface area contributed by atoms with Crippen LogP contribution >= 0.6 is 0 Å². The summed E-state index contributed by atoms with van der Waals surface area (Å²) in [5.41, 5.74) is 1.73. The first-order valence-corrected chi connectivity index (χ1v) is 8.72. The molecule has 0 saturated heterocycles. The number of aliphatic imine (C=N–C) groups is 1. The second-order valence-corrected chi connectivity index (χ2v) is 6.08. The van der Waals surface area contributed by atoms with E-state index in [0.717, 1.165) is 11.4 Å². The monoisotopic (exact) mass is 357 g/mol. The van der Waals surface area contributed by atoms with E-state index in [9.17, 15) is 4.79 Å². The maximum Gasteiger partial charge on any atom is 0.238 e. The van der Waals surface area contributed by atoms with E-state index < -0.39 is 0 Å². The topological polar surface area (TPSA) is 55.6 Å². The van der Waals surface area contributed by atoms with Crippen LogP contribution in [0.2, 0.25) is 0 Å². The summed E-state index contributed by atoms with van der Waals surface area (Å²) in [6.07, 6.45) is 4.21. The summed E-state index contributed by atoms with van der Waals surface area (Å²) in [4.78, 5) is 17.3. The molecule has 0 unspecified atom stereocenters. The molecule has 0 fully saturated rings. The van der Waals surface area contributed by atoms with Gasteiger partial charge in [0.2, 0.25) is 5.88 Å². The molecule has 0 spiro atoms. The third-order valence-electron chi connectivity index (χ3n) is 4.35. The van der Waals surface area contributed by atoms with Crippen LogP contribution in [-0.4, -0.2) is 17.9 Å². The van der Waals surface area contributed by atoms with Gasteiger partial charge in [-0.2, -0.15) is 0 Å². The number of rotatable bonds is 4. The predicted octanol–water partition coefficient (Wildman–Crippen LogP) is 2.55. The average molecular weight is 357 g/mol. The smallest absolute Gasteiger partial charge is 0.238 e. The summed E-state index contributed by atoms with van der Waals surface area (Å²) < 4.78 is 7.51. The van der Waals surface area contributed by atoms with Crippen LogP contribution in [-0.2, 0) is 4.74 Å². The van der Waals surface area contributed by atoms with Crippen molar-refractivity contribution in [1.82, 2.24) is 4.57 Å². The molecule has 2 aromatic carbocycles. The Bertz CT molecular complexity index is 1160. The highest BCUT2D eigenvalue weighted by molar-refractivity contribution is 5.71. The normalized spacial score (nSPS) is 12.7. The summed E-state index contributed by atoms with van der Waals surface area (Å²) in [6, 6.07) is 21.2. The molecule has 1 aromatic heterocycles. The van der Waals surface area contributed by atoms with Crippen molar-refractivity contribution in [2.24, 2.45) is 4.99 Å². The van der Waals surface area contributed by atoms with Gasteiger partial charge >= 0.3 is 0 Å². The number of fused-ring (bicyclic) bond motifs is 1. The number of hydrogen-bond acceptors (Lipinski definition) is 4. The van der Waals surface area contributed by atoms with Crippen molar-refractivity contribution in [3.63, 3.8) is 0 Å². The van der Waals surface area contributed by atoms with Gasteiger partial charge in [-0.05, 0) is 24.3 Å². The van der Waals surface area contributed by atoms with E-state index in [2.05, 4.69) is 10.3 Å². The molecular weight excluding hydrogens is 338 g/mol. The number of aromatic nitrogens is 1. The molecule has 1 N–H and O–H groups in total. The van der Waals surface area contributed by atoms with Crippen LogP contribution in [0.15, 0.2) is 76.5 Å². The van der Waals surface area contributed by atoms with E-state index in [0.29, 0.717) is 28.7 Å². The number of nitrogens with one attached hydrogen (secondary N) is 1. The Labute approximate surface area is 156 Å². The molecule has 5 heteroatoms. The molecule has 5 nitrogen and oxygen atoms in total. The summed E-state index contributed by atoms with van der Waals surface area (Å²) in [6.45, 7) is 0. The highest BCUT2D eigenvalue weighted by Crippen LogP contribution is 2.17. The van der Waals surface area contributed by atoms with Gasteiger partial charge in [-0.15, -0.1) is 0 Å². The molecular formula is C22H19N3O2. The number of para-hydroxylation sites is 2. The number of anilines is 2. The number of pyridine rings is 1. The molecule has 1 aliphatic rings. The lowest BCUT2D eigenvalue weighted by Gasteiger charge is -2.17. The summed E-state index contributed by atoms with van der Waals surface area (Å²) in [5.74, 6) is 1.06. The second kappa shape index (κ2) is 7.33. The van der Waals surface area contributed by atoms with E-state index >= 15 is 0 Å². The minimum Gasteiger partial charge on any atom is -0.479 e. The zero-order valence-electron chi connectivity index (χ0n) is 14.9. The van der Waals surface area contributed by atoms with Crippen molar-refractivity contribution >= 4 is 29.7 Å². The van der Waals surface area contributed by atoms with Gasteiger partial charge in [-0.1, -0.05) is 42.5 Å². The lowest BCUT2D eigenvalue weighted by molar-refractivity contribution is 0.355. The Hall–Kier alpha value is -3.60. The number of nitrogens with zero attached hydrogens (tertiary/aromatic N) is 2. The minimum atomic E-state index is -0.0735. The molecule has 1 aliphatic heterocycles. The van der Waals surface area contributed by atoms with Gasteiger partial charge in [0.05, 0.1) is 7.11 Å². The molecule has 0 bridgehead atoms. The van der Waals surface area contributed by atoms with E-state index in [1.54, 1.807) is 19.4 Å². The zero-order valence-corrected chi connectivity index (χ0v) is 14.9. The first-order chi connectivity index (χ1) is 13.3. The Morgan fingerprint density at radius 3 is 2.44 bits per heavy atom. The van der Waals surface area contributed by atoms with Gasteiger partial charge in [0, 0.05) is 35.3 Å². The Balaban J connectivity index is 2.11. The van der Waals surface area contributed by atoms with Crippen LogP contribution in [0.3, 0.4) is 0 Å². The average Bonchev–Trinajstić information content (AvgIpc) is 2.92. The Morgan fingerprint density at radius 1 is 1.04 bits per heavy atom. The van der Waals surface area contributed by atoms with Crippen LogP contribution < -0.4 is 21.3 Å². The molecule has 4 rings (SSSR count). The van der Waals surface area contributed by atoms with Gasteiger partial charge in [-0.3, -0.25) is 9.36 Å². The van der Waals surface area contributed by atoms with E-state index in [4.69, 9.17) is 4.74 Å². The van der Waals surface area contributed by atoms with E-state index in [1.807, 2.05) is 71.3 Å². The lowest BCUT2D eigenvalue weighted by atomic mass is 10.2. The number of ether oxygens (including phenoxy) is 1.